The van der Waals surface area contributed by atoms with E-state index in [1.165, 1.54) is 10.5 Å². The topological polar surface area (TPSA) is 81.3 Å². The molecule has 2 aromatic carbocycles. The van der Waals surface area contributed by atoms with Crippen molar-refractivity contribution in [1.29, 1.82) is 0 Å². The van der Waals surface area contributed by atoms with Gasteiger partial charge in [0.1, 0.15) is 18.2 Å². The number of nitrogens with one attached hydrogen (secondary N) is 1. The molecule has 0 aliphatic carbocycles. The monoisotopic (exact) mass is 425 g/mol. The van der Waals surface area contributed by atoms with Gasteiger partial charge in [0.15, 0.2) is 5.65 Å². The second-order valence-corrected chi connectivity index (χ2v) is 7.31. The van der Waals surface area contributed by atoms with Crippen LogP contribution in [0.1, 0.15) is 11.3 Å². The van der Waals surface area contributed by atoms with E-state index >= 15 is 0 Å². The molecule has 0 bridgehead atoms. The maximum atomic E-state index is 13.7. The molecule has 152 valence electrons. The van der Waals surface area contributed by atoms with Crippen LogP contribution in [0.5, 0.6) is 0 Å². The first-order valence-electron chi connectivity index (χ1n) is 9.11. The Bertz CT molecular complexity index is 1350. The van der Waals surface area contributed by atoms with Gasteiger partial charge in [-0.15, -0.1) is 5.10 Å². The minimum atomic E-state index is -0.516. The number of halogens is 2. The Kier molecular flexibility index (Phi) is 5.09. The van der Waals surface area contributed by atoms with Crippen molar-refractivity contribution in [2.24, 2.45) is 0 Å². The Morgan fingerprint density at radius 3 is 2.70 bits per heavy atom. The molecule has 0 unspecified atom stereocenters. The van der Waals surface area contributed by atoms with Gasteiger partial charge in [0.25, 0.3) is 0 Å². The third kappa shape index (κ3) is 3.81. The van der Waals surface area contributed by atoms with Crippen LogP contribution in [0, 0.1) is 19.7 Å². The fourth-order valence-electron chi connectivity index (χ4n) is 3.08. The second-order valence-electron chi connectivity index (χ2n) is 6.88. The molecule has 2 heterocycles. The molecule has 0 saturated carbocycles. The van der Waals surface area contributed by atoms with Crippen molar-refractivity contribution >= 4 is 28.8 Å². The van der Waals surface area contributed by atoms with E-state index in [-0.39, 0.29) is 6.54 Å². The van der Waals surface area contributed by atoms with Crippen LogP contribution in [0.25, 0.3) is 17.0 Å². The van der Waals surface area contributed by atoms with E-state index in [1.54, 1.807) is 56.3 Å². The van der Waals surface area contributed by atoms with Crippen LogP contribution in [-0.4, -0.2) is 25.1 Å². The van der Waals surface area contributed by atoms with Gasteiger partial charge in [-0.05, 0) is 43.7 Å². The van der Waals surface area contributed by atoms with Gasteiger partial charge in [0.05, 0.1) is 0 Å². The Hall–Kier alpha value is -3.52. The highest BCUT2D eigenvalue weighted by molar-refractivity contribution is 6.30. The van der Waals surface area contributed by atoms with Gasteiger partial charge in [-0.3, -0.25) is 4.79 Å². The van der Waals surface area contributed by atoms with Gasteiger partial charge >= 0.3 is 5.69 Å². The molecule has 0 spiro atoms. The summed E-state index contributed by atoms with van der Waals surface area (Å²) in [7, 11) is 0. The van der Waals surface area contributed by atoms with E-state index in [9.17, 15) is 14.0 Å². The number of carbonyl (C=O) groups is 1. The van der Waals surface area contributed by atoms with Crippen molar-refractivity contribution in [2.75, 3.05) is 5.32 Å². The average Bonchev–Trinajstić information content (AvgIpc) is 2.99. The van der Waals surface area contributed by atoms with Crippen LogP contribution in [0.2, 0.25) is 5.02 Å². The molecule has 2 aromatic heterocycles. The summed E-state index contributed by atoms with van der Waals surface area (Å²) in [6.45, 7) is 3.09. The van der Waals surface area contributed by atoms with E-state index in [4.69, 9.17) is 11.6 Å². The highest BCUT2D eigenvalue weighted by atomic mass is 35.5. The molecule has 1 N–H and O–H groups in total. The SMILES string of the molecule is Cc1cc2nn(CC(=O)Nc3ccc(C)c(F)c3)c(=O)n2c(-c2cccc(Cl)c2)n1. The molecule has 0 atom stereocenters. The summed E-state index contributed by atoms with van der Waals surface area (Å²) in [4.78, 5) is 29.8. The Morgan fingerprint density at radius 1 is 1.17 bits per heavy atom. The number of nitrogens with zero attached hydrogens (tertiary/aromatic N) is 4. The Balaban J connectivity index is 1.69. The summed E-state index contributed by atoms with van der Waals surface area (Å²) in [5.74, 6) is -0.548. The lowest BCUT2D eigenvalue weighted by atomic mass is 10.2. The highest BCUT2D eigenvalue weighted by Crippen LogP contribution is 2.21. The lowest BCUT2D eigenvalue weighted by Gasteiger charge is -2.06. The molecule has 0 aliphatic heterocycles. The van der Waals surface area contributed by atoms with Crippen molar-refractivity contribution in [3.05, 3.63) is 81.1 Å². The molecule has 4 rings (SSSR count). The number of anilines is 1. The first kappa shape index (κ1) is 19.8. The average molecular weight is 426 g/mol. The second kappa shape index (κ2) is 7.72. The van der Waals surface area contributed by atoms with Crippen LogP contribution < -0.4 is 11.0 Å². The zero-order valence-corrected chi connectivity index (χ0v) is 16.9. The zero-order valence-electron chi connectivity index (χ0n) is 16.2. The van der Waals surface area contributed by atoms with Crippen molar-refractivity contribution in [3.63, 3.8) is 0 Å². The predicted molar refractivity (Wildman–Crippen MR) is 112 cm³/mol. The predicted octanol–water partition coefficient (Wildman–Crippen LogP) is 3.61. The maximum Gasteiger partial charge on any atom is 0.352 e. The summed E-state index contributed by atoms with van der Waals surface area (Å²) in [6, 6.07) is 13.0. The first-order valence-corrected chi connectivity index (χ1v) is 9.49. The third-order valence-electron chi connectivity index (χ3n) is 4.53. The van der Waals surface area contributed by atoms with Crippen LogP contribution >= 0.6 is 11.6 Å². The van der Waals surface area contributed by atoms with Gasteiger partial charge in [-0.1, -0.05) is 29.8 Å². The van der Waals surface area contributed by atoms with E-state index in [1.807, 2.05) is 0 Å². The Labute approximate surface area is 175 Å². The summed E-state index contributed by atoms with van der Waals surface area (Å²) >= 11 is 6.08. The van der Waals surface area contributed by atoms with Crippen LogP contribution in [-0.2, 0) is 11.3 Å². The molecular formula is C21H17ClFN5O2. The fourth-order valence-corrected chi connectivity index (χ4v) is 3.27. The summed E-state index contributed by atoms with van der Waals surface area (Å²) in [6.07, 6.45) is 0. The molecule has 0 aliphatic rings. The molecule has 1 amide bonds. The number of aromatic nitrogens is 4. The first-order chi connectivity index (χ1) is 14.3. The number of benzene rings is 2. The number of amides is 1. The molecule has 30 heavy (non-hydrogen) atoms. The fraction of sp³-hybridized carbons (Fsp3) is 0.143. The zero-order chi connectivity index (χ0) is 21.4. The smallest absolute Gasteiger partial charge is 0.324 e. The molecule has 0 saturated heterocycles. The maximum absolute atomic E-state index is 13.7. The largest absolute Gasteiger partial charge is 0.352 e. The lowest BCUT2D eigenvalue weighted by molar-refractivity contribution is -0.117. The summed E-state index contributed by atoms with van der Waals surface area (Å²) in [5, 5.41) is 7.34. The van der Waals surface area contributed by atoms with E-state index in [0.717, 1.165) is 4.68 Å². The number of rotatable bonds is 4. The lowest BCUT2D eigenvalue weighted by Crippen LogP contribution is -2.28. The molecule has 7 nitrogen and oxygen atoms in total. The number of hydrogen-bond acceptors (Lipinski definition) is 4. The van der Waals surface area contributed by atoms with E-state index < -0.39 is 17.4 Å². The number of aryl methyl sites for hydroxylation is 2. The summed E-state index contributed by atoms with van der Waals surface area (Å²) < 4.78 is 16.1. The third-order valence-corrected chi connectivity index (χ3v) is 4.76. The highest BCUT2D eigenvalue weighted by Gasteiger charge is 2.16. The van der Waals surface area contributed by atoms with Gasteiger partial charge in [-0.25, -0.2) is 23.3 Å². The molecular weight excluding hydrogens is 409 g/mol. The van der Waals surface area contributed by atoms with Crippen molar-refractivity contribution in [2.45, 2.75) is 20.4 Å². The quantitative estimate of drug-likeness (QED) is 0.541. The van der Waals surface area contributed by atoms with Crippen molar-refractivity contribution < 1.29 is 9.18 Å². The molecule has 0 radical (unpaired) electrons. The van der Waals surface area contributed by atoms with Crippen LogP contribution in [0.3, 0.4) is 0 Å². The van der Waals surface area contributed by atoms with Gasteiger partial charge < -0.3 is 5.32 Å². The number of carbonyl (C=O) groups excluding carboxylic acids is 1. The minimum absolute atomic E-state index is 0.303. The standard InChI is InChI=1S/C21H17ClFN5O2/c1-12-6-7-16(10-17(12)23)25-19(29)11-27-21(30)28-18(26-27)8-13(2)24-20(28)14-4-3-5-15(22)9-14/h3-10H,11H2,1-2H3,(H,25,29). The van der Waals surface area contributed by atoms with E-state index in [0.29, 0.717) is 39.0 Å². The van der Waals surface area contributed by atoms with Crippen molar-refractivity contribution in [3.8, 4) is 11.4 Å². The summed E-state index contributed by atoms with van der Waals surface area (Å²) in [5.41, 5.74) is 1.93. The van der Waals surface area contributed by atoms with Gasteiger partial charge in [0, 0.05) is 28.0 Å². The van der Waals surface area contributed by atoms with Crippen molar-refractivity contribution in [1.82, 2.24) is 19.2 Å². The molecule has 4 aromatic rings. The van der Waals surface area contributed by atoms with Gasteiger partial charge in [0.2, 0.25) is 5.91 Å². The number of fused-ring (bicyclic) bond motifs is 1. The molecule has 9 heteroatoms. The van der Waals surface area contributed by atoms with Crippen LogP contribution in [0.15, 0.2) is 53.3 Å². The minimum Gasteiger partial charge on any atom is -0.324 e. The van der Waals surface area contributed by atoms with Crippen LogP contribution in [0.4, 0.5) is 10.1 Å². The van der Waals surface area contributed by atoms with Gasteiger partial charge in [-0.2, -0.15) is 0 Å². The normalized spacial score (nSPS) is 11.1. The number of hydrogen-bond donors (Lipinski definition) is 1. The van der Waals surface area contributed by atoms with E-state index in [2.05, 4.69) is 15.4 Å². The molecule has 0 fully saturated rings. The Morgan fingerprint density at radius 2 is 1.97 bits per heavy atom.